The number of carbonyl (C=O) groups excluding carboxylic acids is 1. The minimum atomic E-state index is -1.15. The van der Waals surface area contributed by atoms with Gasteiger partial charge in [-0.1, -0.05) is 12.1 Å². The van der Waals surface area contributed by atoms with Gasteiger partial charge < -0.3 is 15.2 Å². The molecule has 17 heavy (non-hydrogen) atoms. The molecular weight excluding hydrogens is 222 g/mol. The minimum absolute atomic E-state index is 0.319. The van der Waals surface area contributed by atoms with Gasteiger partial charge in [-0.2, -0.15) is 0 Å². The number of nitrogens with one attached hydrogen (secondary N) is 1. The lowest BCUT2D eigenvalue weighted by atomic mass is 10.2. The predicted molar refractivity (Wildman–Crippen MR) is 61.6 cm³/mol. The molecule has 1 aromatic rings. The SMILES string of the molecule is COc1cccc(CNC(=O)/C=C\C(=O)O)c1. The predicted octanol–water partition coefficient (Wildman–Crippen LogP) is 0.952. The summed E-state index contributed by atoms with van der Waals surface area (Å²) in [6.07, 6.45) is 1.77. The van der Waals surface area contributed by atoms with Gasteiger partial charge in [0.25, 0.3) is 0 Å². The van der Waals surface area contributed by atoms with Gasteiger partial charge in [-0.15, -0.1) is 0 Å². The summed E-state index contributed by atoms with van der Waals surface area (Å²) in [7, 11) is 1.56. The van der Waals surface area contributed by atoms with Crippen LogP contribution in [0.2, 0.25) is 0 Å². The summed E-state index contributed by atoms with van der Waals surface area (Å²) in [5.74, 6) is -0.894. The lowest BCUT2D eigenvalue weighted by Gasteiger charge is -2.04. The molecule has 5 heteroatoms. The van der Waals surface area contributed by atoms with Crippen LogP contribution >= 0.6 is 0 Å². The van der Waals surface area contributed by atoms with Crippen molar-refractivity contribution in [1.29, 1.82) is 0 Å². The fourth-order valence-electron chi connectivity index (χ4n) is 1.18. The molecule has 0 aliphatic rings. The summed E-state index contributed by atoms with van der Waals surface area (Å²) < 4.78 is 5.04. The Labute approximate surface area is 98.7 Å². The number of rotatable bonds is 5. The molecule has 1 amide bonds. The maximum Gasteiger partial charge on any atom is 0.328 e. The van der Waals surface area contributed by atoms with Crippen LogP contribution in [0.4, 0.5) is 0 Å². The third-order valence-electron chi connectivity index (χ3n) is 1.98. The van der Waals surface area contributed by atoms with Gasteiger partial charge in [0.15, 0.2) is 0 Å². The van der Waals surface area contributed by atoms with Crippen molar-refractivity contribution in [3.05, 3.63) is 42.0 Å². The molecule has 90 valence electrons. The summed E-state index contributed by atoms with van der Waals surface area (Å²) in [6.45, 7) is 0.319. The Morgan fingerprint density at radius 2 is 2.18 bits per heavy atom. The highest BCUT2D eigenvalue weighted by atomic mass is 16.5. The second-order valence-corrected chi connectivity index (χ2v) is 3.24. The summed E-state index contributed by atoms with van der Waals surface area (Å²) in [5.41, 5.74) is 0.876. The Morgan fingerprint density at radius 3 is 2.82 bits per heavy atom. The standard InChI is InChI=1S/C12H13NO4/c1-17-10-4-2-3-9(7-10)8-13-11(14)5-6-12(15)16/h2-7H,8H2,1H3,(H,13,14)(H,15,16)/b6-5-. The van der Waals surface area contributed by atoms with E-state index in [9.17, 15) is 9.59 Å². The quantitative estimate of drug-likeness (QED) is 0.745. The van der Waals surface area contributed by atoms with Crippen LogP contribution in [0.5, 0.6) is 5.75 Å². The normalized spacial score (nSPS) is 10.2. The fourth-order valence-corrected chi connectivity index (χ4v) is 1.18. The number of benzene rings is 1. The number of hydrogen-bond donors (Lipinski definition) is 2. The average Bonchev–Trinajstić information content (AvgIpc) is 2.34. The van der Waals surface area contributed by atoms with Crippen LogP contribution in [-0.2, 0) is 16.1 Å². The molecule has 5 nitrogen and oxygen atoms in total. The van der Waals surface area contributed by atoms with Crippen molar-refractivity contribution in [3.63, 3.8) is 0 Å². The third-order valence-corrected chi connectivity index (χ3v) is 1.98. The topological polar surface area (TPSA) is 75.6 Å². The highest BCUT2D eigenvalue weighted by Crippen LogP contribution is 2.11. The largest absolute Gasteiger partial charge is 0.497 e. The van der Waals surface area contributed by atoms with Gasteiger partial charge >= 0.3 is 5.97 Å². The molecule has 0 aromatic heterocycles. The van der Waals surface area contributed by atoms with Crippen molar-refractivity contribution < 1.29 is 19.4 Å². The van der Waals surface area contributed by atoms with Crippen LogP contribution in [0.15, 0.2) is 36.4 Å². The number of amides is 1. The van der Waals surface area contributed by atoms with Crippen LogP contribution in [-0.4, -0.2) is 24.1 Å². The lowest BCUT2D eigenvalue weighted by Crippen LogP contribution is -2.20. The average molecular weight is 235 g/mol. The number of ether oxygens (including phenoxy) is 1. The highest BCUT2D eigenvalue weighted by molar-refractivity contribution is 5.93. The van der Waals surface area contributed by atoms with Crippen LogP contribution in [0.25, 0.3) is 0 Å². The first-order chi connectivity index (χ1) is 8.11. The van der Waals surface area contributed by atoms with E-state index in [0.717, 1.165) is 17.7 Å². The first-order valence-electron chi connectivity index (χ1n) is 4.93. The number of methoxy groups -OCH3 is 1. The number of hydrogen-bond acceptors (Lipinski definition) is 3. The Morgan fingerprint density at radius 1 is 1.41 bits per heavy atom. The Kier molecular flexibility index (Phi) is 4.75. The van der Waals surface area contributed by atoms with E-state index in [2.05, 4.69) is 5.32 Å². The van der Waals surface area contributed by atoms with Gasteiger partial charge in [-0.05, 0) is 17.7 Å². The number of aliphatic carboxylic acids is 1. The van der Waals surface area contributed by atoms with Crippen molar-refractivity contribution in [2.75, 3.05) is 7.11 Å². The second-order valence-electron chi connectivity index (χ2n) is 3.24. The zero-order valence-corrected chi connectivity index (χ0v) is 9.34. The van der Waals surface area contributed by atoms with Crippen LogP contribution < -0.4 is 10.1 Å². The van der Waals surface area contributed by atoms with Gasteiger partial charge in [0.05, 0.1) is 7.11 Å². The van der Waals surface area contributed by atoms with Crippen molar-refractivity contribution in [3.8, 4) is 5.75 Å². The van der Waals surface area contributed by atoms with E-state index in [-0.39, 0.29) is 0 Å². The molecule has 2 N–H and O–H groups in total. The van der Waals surface area contributed by atoms with E-state index in [4.69, 9.17) is 9.84 Å². The van der Waals surface area contributed by atoms with Crippen LogP contribution in [0.1, 0.15) is 5.56 Å². The molecule has 0 fully saturated rings. The van der Waals surface area contributed by atoms with E-state index in [0.29, 0.717) is 12.3 Å². The van der Waals surface area contributed by atoms with Crippen molar-refractivity contribution in [2.45, 2.75) is 6.54 Å². The molecule has 0 saturated carbocycles. The third kappa shape index (κ3) is 4.83. The zero-order chi connectivity index (χ0) is 12.7. The Bertz CT molecular complexity index is 440. The van der Waals surface area contributed by atoms with Crippen LogP contribution in [0, 0.1) is 0 Å². The molecule has 0 radical (unpaired) electrons. The van der Waals surface area contributed by atoms with Crippen molar-refractivity contribution >= 4 is 11.9 Å². The molecule has 0 aliphatic carbocycles. The first-order valence-corrected chi connectivity index (χ1v) is 4.93. The Hall–Kier alpha value is -2.30. The number of carboxylic acid groups (broad SMARTS) is 1. The second kappa shape index (κ2) is 6.32. The molecule has 0 aliphatic heterocycles. The van der Waals surface area contributed by atoms with Gasteiger partial charge in [0, 0.05) is 18.7 Å². The van der Waals surface area contributed by atoms with Crippen LogP contribution in [0.3, 0.4) is 0 Å². The Balaban J connectivity index is 2.49. The molecule has 1 aromatic carbocycles. The van der Waals surface area contributed by atoms with E-state index in [1.165, 1.54) is 0 Å². The molecule has 0 saturated heterocycles. The molecular formula is C12H13NO4. The van der Waals surface area contributed by atoms with E-state index >= 15 is 0 Å². The summed E-state index contributed by atoms with van der Waals surface area (Å²) in [6, 6.07) is 7.24. The van der Waals surface area contributed by atoms with E-state index in [1.807, 2.05) is 12.1 Å². The van der Waals surface area contributed by atoms with Gasteiger partial charge in [-0.25, -0.2) is 4.79 Å². The maximum atomic E-state index is 11.2. The summed E-state index contributed by atoms with van der Waals surface area (Å²) >= 11 is 0. The van der Waals surface area contributed by atoms with E-state index < -0.39 is 11.9 Å². The monoisotopic (exact) mass is 235 g/mol. The van der Waals surface area contributed by atoms with Gasteiger partial charge in [-0.3, -0.25) is 4.79 Å². The molecule has 0 bridgehead atoms. The highest BCUT2D eigenvalue weighted by Gasteiger charge is 1.99. The first kappa shape index (κ1) is 12.8. The number of carboxylic acids is 1. The lowest BCUT2D eigenvalue weighted by molar-refractivity contribution is -0.131. The summed E-state index contributed by atoms with van der Waals surface area (Å²) in [4.78, 5) is 21.4. The van der Waals surface area contributed by atoms with Gasteiger partial charge in [0.1, 0.15) is 5.75 Å². The molecule has 0 unspecified atom stereocenters. The van der Waals surface area contributed by atoms with Gasteiger partial charge in [0.2, 0.25) is 5.91 Å². The van der Waals surface area contributed by atoms with Crippen molar-refractivity contribution in [1.82, 2.24) is 5.32 Å². The smallest absolute Gasteiger partial charge is 0.328 e. The molecule has 0 atom stereocenters. The fraction of sp³-hybridized carbons (Fsp3) is 0.167. The maximum absolute atomic E-state index is 11.2. The summed E-state index contributed by atoms with van der Waals surface area (Å²) in [5, 5.41) is 10.9. The zero-order valence-electron chi connectivity index (χ0n) is 9.34. The minimum Gasteiger partial charge on any atom is -0.497 e. The molecule has 0 spiro atoms. The molecule has 1 rings (SSSR count). The molecule has 0 heterocycles. The number of carbonyl (C=O) groups is 2. The van der Waals surface area contributed by atoms with Crippen molar-refractivity contribution in [2.24, 2.45) is 0 Å². The van der Waals surface area contributed by atoms with E-state index in [1.54, 1.807) is 19.2 Å².